The molecule has 0 fully saturated rings. The lowest BCUT2D eigenvalue weighted by Crippen LogP contribution is -2.23. The average molecular weight is 269 g/mol. The molecule has 2 aromatic rings. The van der Waals surface area contributed by atoms with Crippen molar-refractivity contribution < 1.29 is 14.6 Å². The van der Waals surface area contributed by atoms with Crippen LogP contribution in [0, 0.1) is 0 Å². The lowest BCUT2D eigenvalue weighted by atomic mass is 10.1. The van der Waals surface area contributed by atoms with Crippen LogP contribution in [0.15, 0.2) is 53.9 Å². The Hall–Kier alpha value is -2.49. The number of carboxylic acids is 1. The highest BCUT2D eigenvalue weighted by Crippen LogP contribution is 2.35. The maximum atomic E-state index is 11.2. The molecule has 1 atom stereocenters. The van der Waals surface area contributed by atoms with E-state index in [0.717, 1.165) is 16.3 Å². The van der Waals surface area contributed by atoms with Crippen molar-refractivity contribution in [2.24, 2.45) is 0 Å². The van der Waals surface area contributed by atoms with E-state index < -0.39 is 5.97 Å². The van der Waals surface area contributed by atoms with Crippen LogP contribution in [-0.4, -0.2) is 23.0 Å². The lowest BCUT2D eigenvalue weighted by Gasteiger charge is -2.22. The fourth-order valence-corrected chi connectivity index (χ4v) is 2.62. The third-order valence-corrected chi connectivity index (χ3v) is 3.59. The predicted octanol–water partition coefficient (Wildman–Crippen LogP) is 3.12. The quantitative estimate of drug-likeness (QED) is 0.910. The third kappa shape index (κ3) is 1.90. The zero-order chi connectivity index (χ0) is 14.3. The molecule has 3 rings (SSSR count). The molecule has 1 N–H and O–H groups in total. The number of hydrogen-bond donors (Lipinski definition) is 1. The van der Waals surface area contributed by atoms with Crippen LogP contribution in [0.5, 0.6) is 0 Å². The zero-order valence-electron chi connectivity index (χ0n) is 11.3. The molecule has 4 nitrogen and oxygen atoms in total. The molecule has 1 aliphatic heterocycles. The monoisotopic (exact) mass is 269 g/mol. The molecular weight excluding hydrogens is 254 g/mol. The number of aliphatic carboxylic acids is 1. The first kappa shape index (κ1) is 12.5. The number of hydrogen-bond acceptors (Lipinski definition) is 3. The summed E-state index contributed by atoms with van der Waals surface area (Å²) in [5.74, 6) is -0.522. The summed E-state index contributed by atoms with van der Waals surface area (Å²) in [5, 5.41) is 11.5. The maximum Gasteiger partial charge on any atom is 0.355 e. The second-order valence-corrected chi connectivity index (χ2v) is 4.90. The van der Waals surface area contributed by atoms with E-state index in [4.69, 9.17) is 4.74 Å². The minimum absolute atomic E-state index is 0.211. The maximum absolute atomic E-state index is 11.2. The fraction of sp³-hybridized carbons (Fsp3) is 0.188. The highest BCUT2D eigenvalue weighted by molar-refractivity contribution is 5.87. The SMILES string of the molecule is CC1=C(C(=O)O)N(C)C(c2ccc3ccccc3c2)O1. The van der Waals surface area contributed by atoms with E-state index in [9.17, 15) is 9.90 Å². The van der Waals surface area contributed by atoms with Crippen LogP contribution in [0.3, 0.4) is 0 Å². The van der Waals surface area contributed by atoms with E-state index in [1.54, 1.807) is 18.9 Å². The summed E-state index contributed by atoms with van der Waals surface area (Å²) >= 11 is 0. The Morgan fingerprint density at radius 2 is 1.90 bits per heavy atom. The van der Waals surface area contributed by atoms with E-state index in [0.29, 0.717) is 5.76 Å². The van der Waals surface area contributed by atoms with Crippen LogP contribution in [0.25, 0.3) is 10.8 Å². The van der Waals surface area contributed by atoms with Crippen molar-refractivity contribution >= 4 is 16.7 Å². The summed E-state index contributed by atoms with van der Waals surface area (Å²) in [6, 6.07) is 14.1. The molecule has 0 aromatic heterocycles. The molecule has 20 heavy (non-hydrogen) atoms. The molecule has 1 aliphatic rings. The van der Waals surface area contributed by atoms with Gasteiger partial charge in [-0.3, -0.25) is 0 Å². The molecule has 0 saturated carbocycles. The number of nitrogens with zero attached hydrogens (tertiary/aromatic N) is 1. The minimum Gasteiger partial charge on any atom is -0.476 e. The molecule has 1 unspecified atom stereocenters. The van der Waals surface area contributed by atoms with Gasteiger partial charge in [0.2, 0.25) is 0 Å². The number of benzene rings is 2. The standard InChI is InChI=1S/C16H15NO3/c1-10-14(16(18)19)17(2)15(20-10)13-8-7-11-5-3-4-6-12(11)9-13/h3-9,15H,1-2H3,(H,18,19). The molecule has 0 radical (unpaired) electrons. The third-order valence-electron chi connectivity index (χ3n) is 3.59. The van der Waals surface area contributed by atoms with Gasteiger partial charge in [0.15, 0.2) is 11.9 Å². The van der Waals surface area contributed by atoms with Gasteiger partial charge in [0, 0.05) is 12.6 Å². The van der Waals surface area contributed by atoms with Crippen molar-refractivity contribution in [1.82, 2.24) is 4.90 Å². The van der Waals surface area contributed by atoms with Gasteiger partial charge in [-0.05, 0) is 23.8 Å². The van der Waals surface area contributed by atoms with Gasteiger partial charge in [-0.1, -0.05) is 36.4 Å². The molecule has 1 heterocycles. The van der Waals surface area contributed by atoms with Gasteiger partial charge in [0.05, 0.1) is 0 Å². The first-order chi connectivity index (χ1) is 9.58. The van der Waals surface area contributed by atoms with Gasteiger partial charge in [0.1, 0.15) is 5.76 Å². The molecule has 0 saturated heterocycles. The van der Waals surface area contributed by atoms with Crippen molar-refractivity contribution in [3.63, 3.8) is 0 Å². The molecule has 0 bridgehead atoms. The molecule has 0 aliphatic carbocycles. The van der Waals surface area contributed by atoms with E-state index in [1.165, 1.54) is 0 Å². The Morgan fingerprint density at radius 3 is 2.55 bits per heavy atom. The highest BCUT2D eigenvalue weighted by Gasteiger charge is 2.33. The van der Waals surface area contributed by atoms with Crippen molar-refractivity contribution in [3.8, 4) is 0 Å². The van der Waals surface area contributed by atoms with E-state index in [1.807, 2.05) is 42.5 Å². The van der Waals surface area contributed by atoms with Gasteiger partial charge in [-0.25, -0.2) is 4.79 Å². The van der Waals surface area contributed by atoms with Crippen LogP contribution < -0.4 is 0 Å². The topological polar surface area (TPSA) is 49.8 Å². The van der Waals surface area contributed by atoms with Crippen molar-refractivity contribution in [3.05, 3.63) is 59.5 Å². The normalized spacial score (nSPS) is 18.5. The van der Waals surface area contributed by atoms with Gasteiger partial charge in [-0.2, -0.15) is 0 Å². The van der Waals surface area contributed by atoms with E-state index in [-0.39, 0.29) is 11.9 Å². The number of allylic oxidation sites excluding steroid dienone is 1. The highest BCUT2D eigenvalue weighted by atomic mass is 16.5. The summed E-state index contributed by atoms with van der Waals surface area (Å²) < 4.78 is 5.71. The number of ether oxygens (including phenoxy) is 1. The second-order valence-electron chi connectivity index (χ2n) is 4.90. The van der Waals surface area contributed by atoms with E-state index >= 15 is 0 Å². The van der Waals surface area contributed by atoms with Crippen LogP contribution >= 0.6 is 0 Å². The van der Waals surface area contributed by atoms with Crippen LogP contribution in [0.1, 0.15) is 18.7 Å². The van der Waals surface area contributed by atoms with Crippen molar-refractivity contribution in [2.75, 3.05) is 7.05 Å². The Balaban J connectivity index is 1.99. The molecule has 0 amide bonds. The smallest absolute Gasteiger partial charge is 0.355 e. The number of carboxylic acid groups (broad SMARTS) is 1. The Morgan fingerprint density at radius 1 is 1.20 bits per heavy atom. The van der Waals surface area contributed by atoms with Gasteiger partial charge < -0.3 is 14.7 Å². The number of carbonyl (C=O) groups is 1. The molecule has 0 spiro atoms. The molecular formula is C16H15NO3. The van der Waals surface area contributed by atoms with Crippen molar-refractivity contribution in [1.29, 1.82) is 0 Å². The lowest BCUT2D eigenvalue weighted by molar-refractivity contribution is -0.134. The van der Waals surface area contributed by atoms with Crippen LogP contribution in [-0.2, 0) is 9.53 Å². The first-order valence-electron chi connectivity index (χ1n) is 6.40. The Labute approximate surface area is 116 Å². The summed E-state index contributed by atoms with van der Waals surface area (Å²) in [6.07, 6.45) is -0.384. The fourth-order valence-electron chi connectivity index (χ4n) is 2.62. The largest absolute Gasteiger partial charge is 0.476 e. The van der Waals surface area contributed by atoms with Gasteiger partial charge in [-0.15, -0.1) is 0 Å². The van der Waals surface area contributed by atoms with Gasteiger partial charge in [0.25, 0.3) is 0 Å². The Kier molecular flexibility index (Phi) is 2.86. The van der Waals surface area contributed by atoms with E-state index in [2.05, 4.69) is 0 Å². The van der Waals surface area contributed by atoms with Crippen LogP contribution in [0.4, 0.5) is 0 Å². The molecule has 4 heteroatoms. The summed E-state index contributed by atoms with van der Waals surface area (Å²) in [4.78, 5) is 12.9. The average Bonchev–Trinajstić information content (AvgIpc) is 2.73. The minimum atomic E-state index is -0.965. The van der Waals surface area contributed by atoms with Crippen LogP contribution in [0.2, 0.25) is 0 Å². The zero-order valence-corrected chi connectivity index (χ0v) is 11.3. The first-order valence-corrected chi connectivity index (χ1v) is 6.40. The number of likely N-dealkylation sites (N-methyl/N-ethyl adjacent to an activating group) is 1. The molecule has 2 aromatic carbocycles. The Bertz CT molecular complexity index is 720. The second kappa shape index (κ2) is 4.56. The summed E-state index contributed by atoms with van der Waals surface area (Å²) in [7, 11) is 1.74. The predicted molar refractivity (Wildman–Crippen MR) is 75.9 cm³/mol. The molecule has 102 valence electrons. The summed E-state index contributed by atoms with van der Waals surface area (Å²) in [5.41, 5.74) is 1.16. The van der Waals surface area contributed by atoms with Gasteiger partial charge >= 0.3 is 5.97 Å². The number of rotatable bonds is 2. The number of fused-ring (bicyclic) bond motifs is 1. The van der Waals surface area contributed by atoms with Crippen molar-refractivity contribution in [2.45, 2.75) is 13.2 Å². The summed E-state index contributed by atoms with van der Waals surface area (Å²) in [6.45, 7) is 1.68.